The Balaban J connectivity index is 2.07. The normalized spacial score (nSPS) is 17.4. The zero-order valence-corrected chi connectivity index (χ0v) is 10.4. The van der Waals surface area contributed by atoms with Gasteiger partial charge in [0.05, 0.1) is 0 Å². The minimum absolute atomic E-state index is 0.199. The van der Waals surface area contributed by atoms with E-state index in [1.807, 2.05) is 18.2 Å². The van der Waals surface area contributed by atoms with E-state index in [2.05, 4.69) is 6.92 Å². The summed E-state index contributed by atoms with van der Waals surface area (Å²) in [7, 11) is 0. The number of rotatable bonds is 1. The summed E-state index contributed by atoms with van der Waals surface area (Å²) in [6, 6.07) is 10.8. The first-order valence-corrected chi connectivity index (χ1v) is 6.09. The molecule has 2 aromatic rings. The van der Waals surface area contributed by atoms with Gasteiger partial charge < -0.3 is 4.74 Å². The minimum atomic E-state index is -0.330. The van der Waals surface area contributed by atoms with Gasteiger partial charge in [0.15, 0.2) is 11.6 Å². The van der Waals surface area contributed by atoms with Crippen LogP contribution < -0.4 is 4.74 Å². The van der Waals surface area contributed by atoms with Gasteiger partial charge in [-0.1, -0.05) is 23.7 Å². The first-order valence-electron chi connectivity index (χ1n) is 5.71. The maximum atomic E-state index is 13.9. The van der Waals surface area contributed by atoms with E-state index in [1.54, 1.807) is 12.1 Å². The molecule has 0 aliphatic carbocycles. The Morgan fingerprint density at radius 1 is 1.17 bits per heavy atom. The molecule has 0 saturated carbocycles. The Bertz CT molecular complexity index is 592. The van der Waals surface area contributed by atoms with Crippen LogP contribution in [0.1, 0.15) is 5.56 Å². The molecule has 91 valence electrons. The van der Waals surface area contributed by atoms with Crippen molar-refractivity contribution in [3.63, 3.8) is 0 Å². The first-order chi connectivity index (χ1) is 8.63. The second-order valence-electron chi connectivity index (χ2n) is 4.40. The zero-order valence-electron chi connectivity index (χ0n) is 9.62. The summed E-state index contributed by atoms with van der Waals surface area (Å²) in [5, 5.41) is 0.668. The third-order valence-corrected chi connectivity index (χ3v) is 3.28. The summed E-state index contributed by atoms with van der Waals surface area (Å²) >= 11 is 5.84. The lowest BCUT2D eigenvalue weighted by molar-refractivity contribution is 0.269. The third-order valence-electron chi connectivity index (χ3n) is 3.03. The summed E-state index contributed by atoms with van der Waals surface area (Å²) in [6.45, 7) is 3.80. The molecule has 1 heterocycles. The van der Waals surface area contributed by atoms with Crippen molar-refractivity contribution in [2.45, 2.75) is 12.5 Å². The number of hydrogen-bond donors (Lipinski definition) is 0. The van der Waals surface area contributed by atoms with Gasteiger partial charge in [0.1, 0.15) is 6.10 Å². The van der Waals surface area contributed by atoms with E-state index in [0.717, 1.165) is 16.7 Å². The monoisotopic (exact) mass is 261 g/mol. The molecule has 0 fully saturated rings. The molecule has 3 rings (SSSR count). The van der Waals surface area contributed by atoms with Crippen LogP contribution in [0.5, 0.6) is 5.75 Å². The molecule has 1 atom stereocenters. The van der Waals surface area contributed by atoms with Crippen LogP contribution in [0.25, 0.3) is 11.1 Å². The molecule has 0 aromatic heterocycles. The lowest BCUT2D eigenvalue weighted by atomic mass is 10.0. The Labute approximate surface area is 110 Å². The van der Waals surface area contributed by atoms with Crippen LogP contribution in [0, 0.1) is 12.7 Å². The molecular formula is C15H11ClFO. The summed E-state index contributed by atoms with van der Waals surface area (Å²) in [6.07, 6.45) is 0.447. The van der Waals surface area contributed by atoms with E-state index < -0.39 is 0 Å². The van der Waals surface area contributed by atoms with E-state index in [4.69, 9.17) is 16.3 Å². The molecule has 18 heavy (non-hydrogen) atoms. The van der Waals surface area contributed by atoms with Crippen molar-refractivity contribution in [3.8, 4) is 16.9 Å². The van der Waals surface area contributed by atoms with Gasteiger partial charge in [-0.2, -0.15) is 0 Å². The van der Waals surface area contributed by atoms with Crippen LogP contribution in [0.4, 0.5) is 4.39 Å². The van der Waals surface area contributed by atoms with Crippen LogP contribution >= 0.6 is 11.6 Å². The van der Waals surface area contributed by atoms with Crippen molar-refractivity contribution in [1.82, 2.24) is 0 Å². The van der Waals surface area contributed by atoms with Crippen molar-refractivity contribution in [2.75, 3.05) is 0 Å². The summed E-state index contributed by atoms with van der Waals surface area (Å²) in [5.74, 6) is 0.0105. The predicted molar refractivity (Wildman–Crippen MR) is 70.3 cm³/mol. The molecule has 0 amide bonds. The smallest absolute Gasteiger partial charge is 0.165 e. The van der Waals surface area contributed by atoms with Crippen molar-refractivity contribution >= 4 is 11.6 Å². The average molecular weight is 262 g/mol. The zero-order chi connectivity index (χ0) is 12.7. The fourth-order valence-corrected chi connectivity index (χ4v) is 2.32. The molecule has 0 saturated heterocycles. The van der Waals surface area contributed by atoms with Gasteiger partial charge in [0.25, 0.3) is 0 Å². The summed E-state index contributed by atoms with van der Waals surface area (Å²) < 4.78 is 19.3. The highest BCUT2D eigenvalue weighted by Crippen LogP contribution is 2.35. The SMILES string of the molecule is [CH2]C1Cc2cc(-c3ccc(Cl)cc3)cc(F)c2O1. The number of benzene rings is 2. The number of fused-ring (bicyclic) bond motifs is 1. The van der Waals surface area contributed by atoms with Crippen molar-refractivity contribution in [1.29, 1.82) is 0 Å². The highest BCUT2D eigenvalue weighted by Gasteiger charge is 2.23. The molecule has 0 bridgehead atoms. The van der Waals surface area contributed by atoms with E-state index in [9.17, 15) is 4.39 Å². The van der Waals surface area contributed by atoms with Crippen LogP contribution in [-0.4, -0.2) is 6.10 Å². The molecule has 3 heteroatoms. The Morgan fingerprint density at radius 3 is 2.61 bits per heavy atom. The van der Waals surface area contributed by atoms with Crippen molar-refractivity contribution < 1.29 is 9.13 Å². The molecule has 1 aliphatic heterocycles. The van der Waals surface area contributed by atoms with Crippen LogP contribution in [0.15, 0.2) is 36.4 Å². The van der Waals surface area contributed by atoms with E-state index in [0.29, 0.717) is 17.2 Å². The molecule has 2 aromatic carbocycles. The highest BCUT2D eigenvalue weighted by atomic mass is 35.5. The van der Waals surface area contributed by atoms with Gasteiger partial charge >= 0.3 is 0 Å². The second-order valence-corrected chi connectivity index (χ2v) is 4.83. The van der Waals surface area contributed by atoms with Crippen molar-refractivity contribution in [2.24, 2.45) is 0 Å². The van der Waals surface area contributed by atoms with E-state index >= 15 is 0 Å². The maximum Gasteiger partial charge on any atom is 0.165 e. The van der Waals surface area contributed by atoms with Crippen LogP contribution in [-0.2, 0) is 6.42 Å². The maximum absolute atomic E-state index is 13.9. The van der Waals surface area contributed by atoms with Gasteiger partial charge in [-0.05, 0) is 42.3 Å². The predicted octanol–water partition coefficient (Wildman–Crippen LogP) is 4.28. The lowest BCUT2D eigenvalue weighted by Crippen LogP contribution is -2.06. The van der Waals surface area contributed by atoms with Gasteiger partial charge in [0.2, 0.25) is 0 Å². The molecule has 1 unspecified atom stereocenters. The Hall–Kier alpha value is -1.54. The molecular weight excluding hydrogens is 251 g/mol. The summed E-state index contributed by atoms with van der Waals surface area (Å²) in [5.41, 5.74) is 2.65. The fraction of sp³-hybridized carbons (Fsp3) is 0.133. The van der Waals surface area contributed by atoms with Crippen LogP contribution in [0.3, 0.4) is 0 Å². The van der Waals surface area contributed by atoms with E-state index in [-0.39, 0.29) is 11.9 Å². The molecule has 1 aliphatic rings. The van der Waals surface area contributed by atoms with E-state index in [1.165, 1.54) is 6.07 Å². The van der Waals surface area contributed by atoms with Gasteiger partial charge in [-0.25, -0.2) is 4.39 Å². The lowest BCUT2D eigenvalue weighted by Gasteiger charge is -2.06. The number of halogens is 2. The molecule has 1 nitrogen and oxygen atoms in total. The van der Waals surface area contributed by atoms with Gasteiger partial charge in [-0.15, -0.1) is 0 Å². The Kier molecular flexibility index (Phi) is 2.75. The standard InChI is InChI=1S/C15H11ClFO/c1-9-6-12-7-11(8-14(17)15(12)18-9)10-2-4-13(16)5-3-10/h2-5,7-9H,1,6H2. The van der Waals surface area contributed by atoms with Crippen molar-refractivity contribution in [3.05, 3.63) is 59.7 Å². The Morgan fingerprint density at radius 2 is 1.89 bits per heavy atom. The van der Waals surface area contributed by atoms with Gasteiger partial charge in [-0.3, -0.25) is 0 Å². The molecule has 1 radical (unpaired) electrons. The highest BCUT2D eigenvalue weighted by molar-refractivity contribution is 6.30. The molecule has 0 spiro atoms. The third kappa shape index (κ3) is 1.97. The molecule has 0 N–H and O–H groups in total. The topological polar surface area (TPSA) is 9.23 Å². The summed E-state index contributed by atoms with van der Waals surface area (Å²) in [4.78, 5) is 0. The largest absolute Gasteiger partial charge is 0.487 e. The average Bonchev–Trinajstić information content (AvgIpc) is 2.71. The second kappa shape index (κ2) is 4.29. The van der Waals surface area contributed by atoms with Gasteiger partial charge in [0, 0.05) is 17.0 Å². The van der Waals surface area contributed by atoms with Crippen LogP contribution in [0.2, 0.25) is 5.02 Å². The minimum Gasteiger partial charge on any atom is -0.487 e. The quantitative estimate of drug-likeness (QED) is 0.744. The number of ether oxygens (including phenoxy) is 1. The number of hydrogen-bond acceptors (Lipinski definition) is 1. The first kappa shape index (κ1) is 11.5. The fourth-order valence-electron chi connectivity index (χ4n) is 2.20.